The van der Waals surface area contributed by atoms with Gasteiger partial charge in [0.1, 0.15) is 17.5 Å². The lowest BCUT2D eigenvalue weighted by Crippen LogP contribution is -2.36. The summed E-state index contributed by atoms with van der Waals surface area (Å²) in [7, 11) is 0. The van der Waals surface area contributed by atoms with Crippen LogP contribution in [0.4, 0.5) is 8.78 Å². The molecule has 4 rings (SSSR count). The normalized spacial score (nSPS) is 18.7. The Hall–Kier alpha value is -2.08. The monoisotopic (exact) mass is 359 g/mol. The van der Waals surface area contributed by atoms with Gasteiger partial charge < -0.3 is 4.98 Å². The van der Waals surface area contributed by atoms with Crippen molar-refractivity contribution in [3.05, 3.63) is 62.8 Å². The first-order chi connectivity index (χ1) is 12.6. The fourth-order valence-electron chi connectivity index (χ4n) is 4.11. The third-order valence-electron chi connectivity index (χ3n) is 5.56. The number of hydrogen-bond donors (Lipinski definition) is 1. The van der Waals surface area contributed by atoms with E-state index in [9.17, 15) is 13.6 Å². The highest BCUT2D eigenvalue weighted by Crippen LogP contribution is 2.30. The molecule has 1 aliphatic heterocycles. The molecule has 1 saturated carbocycles. The number of aromatic nitrogens is 2. The van der Waals surface area contributed by atoms with Crippen molar-refractivity contribution < 1.29 is 8.78 Å². The Morgan fingerprint density at radius 2 is 2.00 bits per heavy atom. The Morgan fingerprint density at radius 3 is 2.81 bits per heavy atom. The van der Waals surface area contributed by atoms with E-state index in [1.54, 1.807) is 0 Å². The summed E-state index contributed by atoms with van der Waals surface area (Å²) in [5.41, 5.74) is 1.76. The maximum absolute atomic E-state index is 13.9. The Balaban J connectivity index is 1.53. The van der Waals surface area contributed by atoms with Crippen molar-refractivity contribution in [1.82, 2.24) is 14.9 Å². The maximum atomic E-state index is 13.9. The van der Waals surface area contributed by atoms with E-state index in [1.165, 1.54) is 25.3 Å². The van der Waals surface area contributed by atoms with Crippen molar-refractivity contribution in [3.8, 4) is 0 Å². The van der Waals surface area contributed by atoms with Gasteiger partial charge in [0.2, 0.25) is 0 Å². The molecule has 0 atom stereocenters. The minimum absolute atomic E-state index is 0.0833. The average molecular weight is 359 g/mol. The van der Waals surface area contributed by atoms with E-state index >= 15 is 0 Å². The molecule has 0 bridgehead atoms. The Bertz CT molecular complexity index is 859. The van der Waals surface area contributed by atoms with E-state index in [2.05, 4.69) is 4.98 Å². The first kappa shape index (κ1) is 17.3. The lowest BCUT2D eigenvalue weighted by atomic mass is 9.88. The molecule has 1 aromatic carbocycles. The quantitative estimate of drug-likeness (QED) is 0.910. The summed E-state index contributed by atoms with van der Waals surface area (Å²) in [5.74, 6) is 0.326. The number of nitrogens with zero attached hydrogens (tertiary/aromatic N) is 2. The average Bonchev–Trinajstić information content (AvgIpc) is 2.66. The number of hydrogen-bond acceptors (Lipinski definition) is 3. The van der Waals surface area contributed by atoms with Gasteiger partial charge in [0.05, 0.1) is 11.3 Å². The van der Waals surface area contributed by atoms with Gasteiger partial charge in [0.15, 0.2) is 0 Å². The van der Waals surface area contributed by atoms with Crippen LogP contribution in [0.25, 0.3) is 0 Å². The molecule has 1 aromatic heterocycles. The minimum Gasteiger partial charge on any atom is -0.310 e. The Kier molecular flexibility index (Phi) is 4.85. The topological polar surface area (TPSA) is 49.0 Å². The van der Waals surface area contributed by atoms with Crippen LogP contribution >= 0.6 is 0 Å². The minimum atomic E-state index is -0.449. The van der Waals surface area contributed by atoms with E-state index < -0.39 is 11.6 Å². The van der Waals surface area contributed by atoms with E-state index in [1.807, 2.05) is 4.90 Å². The van der Waals surface area contributed by atoms with Gasteiger partial charge >= 0.3 is 0 Å². The van der Waals surface area contributed by atoms with Crippen LogP contribution in [0.5, 0.6) is 0 Å². The van der Waals surface area contributed by atoms with Crippen LogP contribution in [0, 0.1) is 11.6 Å². The SMILES string of the molecule is O=c1[nH]c(C2CCCCC2)nc2c1CN(Cc1cc(F)ccc1F)CC2. The molecule has 6 heteroatoms. The third-order valence-corrected chi connectivity index (χ3v) is 5.56. The van der Waals surface area contributed by atoms with E-state index in [0.29, 0.717) is 36.6 Å². The lowest BCUT2D eigenvalue weighted by Gasteiger charge is -2.29. The van der Waals surface area contributed by atoms with E-state index in [4.69, 9.17) is 4.98 Å². The van der Waals surface area contributed by atoms with Crippen molar-refractivity contribution in [3.63, 3.8) is 0 Å². The maximum Gasteiger partial charge on any atom is 0.255 e. The Morgan fingerprint density at radius 1 is 1.19 bits per heavy atom. The summed E-state index contributed by atoms with van der Waals surface area (Å²) >= 11 is 0. The molecule has 0 saturated heterocycles. The summed E-state index contributed by atoms with van der Waals surface area (Å²) in [6.07, 6.45) is 6.49. The van der Waals surface area contributed by atoms with Crippen LogP contribution in [0.3, 0.4) is 0 Å². The van der Waals surface area contributed by atoms with Gasteiger partial charge in [-0.2, -0.15) is 0 Å². The van der Waals surface area contributed by atoms with Gasteiger partial charge in [0, 0.05) is 37.5 Å². The summed E-state index contributed by atoms with van der Waals surface area (Å²) < 4.78 is 27.3. The molecule has 1 aliphatic carbocycles. The molecular formula is C20H23F2N3O. The zero-order valence-electron chi connectivity index (χ0n) is 14.7. The highest BCUT2D eigenvalue weighted by atomic mass is 19.1. The number of halogens is 2. The molecule has 26 heavy (non-hydrogen) atoms. The summed E-state index contributed by atoms with van der Waals surface area (Å²) in [5, 5.41) is 0. The lowest BCUT2D eigenvalue weighted by molar-refractivity contribution is 0.237. The number of benzene rings is 1. The van der Waals surface area contributed by atoms with Gasteiger partial charge in [-0.05, 0) is 31.0 Å². The van der Waals surface area contributed by atoms with Crippen LogP contribution < -0.4 is 5.56 Å². The molecule has 1 N–H and O–H groups in total. The molecule has 2 aliphatic rings. The van der Waals surface area contributed by atoms with Crippen LogP contribution in [0.2, 0.25) is 0 Å². The van der Waals surface area contributed by atoms with E-state index in [-0.39, 0.29) is 12.1 Å². The molecule has 4 nitrogen and oxygen atoms in total. The van der Waals surface area contributed by atoms with Crippen LogP contribution in [0.15, 0.2) is 23.0 Å². The highest BCUT2D eigenvalue weighted by Gasteiger charge is 2.25. The highest BCUT2D eigenvalue weighted by molar-refractivity contribution is 5.23. The molecular weight excluding hydrogens is 336 g/mol. The van der Waals surface area contributed by atoms with Gasteiger partial charge in [-0.15, -0.1) is 0 Å². The predicted octanol–water partition coefficient (Wildman–Crippen LogP) is 3.65. The van der Waals surface area contributed by atoms with Crippen molar-refractivity contribution >= 4 is 0 Å². The number of aromatic amines is 1. The van der Waals surface area contributed by atoms with Crippen molar-refractivity contribution in [1.29, 1.82) is 0 Å². The second kappa shape index (κ2) is 7.27. The number of fused-ring (bicyclic) bond motifs is 1. The van der Waals surface area contributed by atoms with Crippen molar-refractivity contribution in [2.45, 2.75) is 57.5 Å². The summed E-state index contributed by atoms with van der Waals surface area (Å²) in [6.45, 7) is 1.38. The second-order valence-electron chi connectivity index (χ2n) is 7.41. The van der Waals surface area contributed by atoms with Gasteiger partial charge in [-0.25, -0.2) is 13.8 Å². The predicted molar refractivity (Wildman–Crippen MR) is 94.9 cm³/mol. The van der Waals surface area contributed by atoms with Crippen LogP contribution in [-0.4, -0.2) is 21.4 Å². The van der Waals surface area contributed by atoms with Crippen molar-refractivity contribution in [2.75, 3.05) is 6.54 Å². The number of nitrogens with one attached hydrogen (secondary N) is 1. The first-order valence-corrected chi connectivity index (χ1v) is 9.38. The van der Waals surface area contributed by atoms with Gasteiger partial charge in [-0.1, -0.05) is 19.3 Å². The first-order valence-electron chi connectivity index (χ1n) is 9.38. The van der Waals surface area contributed by atoms with Crippen LogP contribution in [-0.2, 0) is 19.5 Å². The fraction of sp³-hybridized carbons (Fsp3) is 0.500. The van der Waals surface area contributed by atoms with Gasteiger partial charge in [0.25, 0.3) is 5.56 Å². The molecule has 1 fully saturated rings. The smallest absolute Gasteiger partial charge is 0.255 e. The zero-order chi connectivity index (χ0) is 18.1. The van der Waals surface area contributed by atoms with Gasteiger partial charge in [-0.3, -0.25) is 9.69 Å². The number of rotatable bonds is 3. The molecule has 0 amide bonds. The summed E-state index contributed by atoms with van der Waals surface area (Å²) in [6, 6.07) is 3.48. The molecule has 2 aromatic rings. The third kappa shape index (κ3) is 3.56. The zero-order valence-corrected chi connectivity index (χ0v) is 14.7. The Labute approximate surface area is 151 Å². The molecule has 0 unspecified atom stereocenters. The largest absolute Gasteiger partial charge is 0.310 e. The van der Waals surface area contributed by atoms with E-state index in [0.717, 1.165) is 36.5 Å². The molecule has 138 valence electrons. The van der Waals surface area contributed by atoms with Crippen LogP contribution in [0.1, 0.15) is 60.7 Å². The summed E-state index contributed by atoms with van der Waals surface area (Å²) in [4.78, 5) is 22.3. The fourth-order valence-corrected chi connectivity index (χ4v) is 4.11. The second-order valence-corrected chi connectivity index (χ2v) is 7.41. The molecule has 0 radical (unpaired) electrons. The standard InChI is InChI=1S/C20H23F2N3O/c21-15-6-7-17(22)14(10-15)11-25-9-8-18-16(12-25)20(26)24-19(23-18)13-4-2-1-3-5-13/h6-7,10,13H,1-5,8-9,11-12H2,(H,23,24,26). The molecule has 0 spiro atoms. The van der Waals surface area contributed by atoms with Crippen molar-refractivity contribution in [2.24, 2.45) is 0 Å². The molecule has 2 heterocycles. The number of H-pyrrole nitrogens is 1.